The maximum absolute atomic E-state index is 12.5. The predicted molar refractivity (Wildman–Crippen MR) is 110 cm³/mol. The number of urea groups is 1. The molecule has 0 radical (unpaired) electrons. The molecule has 0 aliphatic carbocycles. The Hall–Kier alpha value is -3.35. The number of rotatable bonds is 5. The lowest BCUT2D eigenvalue weighted by Crippen LogP contribution is -2.46. The van der Waals surface area contributed by atoms with Gasteiger partial charge in [-0.1, -0.05) is 30.3 Å². The third kappa shape index (κ3) is 4.56. The van der Waals surface area contributed by atoms with Crippen molar-refractivity contribution in [3.63, 3.8) is 0 Å². The first-order valence-corrected chi connectivity index (χ1v) is 9.76. The maximum atomic E-state index is 12.5. The highest BCUT2D eigenvalue weighted by Gasteiger charge is 2.24. The van der Waals surface area contributed by atoms with E-state index in [2.05, 4.69) is 15.5 Å². The monoisotopic (exact) mass is 392 g/mol. The highest BCUT2D eigenvalue weighted by Crippen LogP contribution is 2.25. The summed E-state index contributed by atoms with van der Waals surface area (Å²) in [6.07, 6.45) is 3.29. The number of carbonyl (C=O) groups excluding carboxylic acids is 1. The molecule has 7 nitrogen and oxygen atoms in total. The van der Waals surface area contributed by atoms with Crippen LogP contribution in [0.15, 0.2) is 54.7 Å². The van der Waals surface area contributed by atoms with Gasteiger partial charge >= 0.3 is 6.03 Å². The Morgan fingerprint density at radius 1 is 1.14 bits per heavy atom. The molecule has 1 N–H and O–H groups in total. The molecule has 0 spiro atoms. The average molecular weight is 392 g/mol. The molecule has 2 amide bonds. The summed E-state index contributed by atoms with van der Waals surface area (Å²) in [4.78, 5) is 14.3. The molecule has 0 atom stereocenters. The van der Waals surface area contributed by atoms with Crippen LogP contribution in [0.2, 0.25) is 0 Å². The van der Waals surface area contributed by atoms with E-state index in [1.807, 2.05) is 53.4 Å². The SMILES string of the molecule is COc1ccc(CNC(=O)N2CCC(Oc3nncc4ccccc34)CC2)cc1. The van der Waals surface area contributed by atoms with Crippen molar-refractivity contribution in [1.82, 2.24) is 20.4 Å². The Bertz CT molecular complexity index is 964. The van der Waals surface area contributed by atoms with Crippen molar-refractivity contribution in [3.8, 4) is 11.6 Å². The Balaban J connectivity index is 1.28. The molecule has 7 heteroatoms. The number of hydrogen-bond donors (Lipinski definition) is 1. The van der Waals surface area contributed by atoms with Crippen molar-refractivity contribution in [2.24, 2.45) is 0 Å². The van der Waals surface area contributed by atoms with Crippen LogP contribution in [0.25, 0.3) is 10.8 Å². The van der Waals surface area contributed by atoms with Gasteiger partial charge in [0.15, 0.2) is 0 Å². The molecule has 1 fully saturated rings. The van der Waals surface area contributed by atoms with Gasteiger partial charge in [0.05, 0.1) is 13.3 Å². The van der Waals surface area contributed by atoms with Crippen LogP contribution in [0.1, 0.15) is 18.4 Å². The highest BCUT2D eigenvalue weighted by atomic mass is 16.5. The topological polar surface area (TPSA) is 76.6 Å². The number of nitrogens with one attached hydrogen (secondary N) is 1. The van der Waals surface area contributed by atoms with Gasteiger partial charge in [-0.15, -0.1) is 5.10 Å². The average Bonchev–Trinajstić information content (AvgIpc) is 2.78. The summed E-state index contributed by atoms with van der Waals surface area (Å²) in [6, 6.07) is 15.5. The minimum absolute atomic E-state index is 0.0285. The minimum Gasteiger partial charge on any atom is -0.497 e. The number of hydrogen-bond acceptors (Lipinski definition) is 5. The third-order valence-electron chi connectivity index (χ3n) is 5.15. The van der Waals surface area contributed by atoms with Crippen LogP contribution in [-0.2, 0) is 6.54 Å². The van der Waals surface area contributed by atoms with Crippen LogP contribution >= 0.6 is 0 Å². The number of methoxy groups -OCH3 is 1. The Kier molecular flexibility index (Phi) is 5.74. The number of aromatic nitrogens is 2. The van der Waals surface area contributed by atoms with Crippen LogP contribution in [-0.4, -0.2) is 47.4 Å². The number of likely N-dealkylation sites (tertiary alicyclic amines) is 1. The summed E-state index contributed by atoms with van der Waals surface area (Å²) < 4.78 is 11.3. The molecule has 2 heterocycles. The molecule has 4 rings (SSSR count). The zero-order valence-corrected chi connectivity index (χ0v) is 16.4. The van der Waals surface area contributed by atoms with Gasteiger partial charge in [0.1, 0.15) is 11.9 Å². The number of fused-ring (bicyclic) bond motifs is 1. The first kappa shape index (κ1) is 19.0. The lowest BCUT2D eigenvalue weighted by Gasteiger charge is -2.32. The molecule has 1 aliphatic heterocycles. The van der Waals surface area contributed by atoms with E-state index in [9.17, 15) is 4.79 Å². The molecule has 0 unspecified atom stereocenters. The number of piperidine rings is 1. The van der Waals surface area contributed by atoms with Gasteiger partial charge in [0, 0.05) is 43.2 Å². The van der Waals surface area contributed by atoms with Crippen LogP contribution in [0.5, 0.6) is 11.6 Å². The Morgan fingerprint density at radius 2 is 1.90 bits per heavy atom. The smallest absolute Gasteiger partial charge is 0.317 e. The molecule has 29 heavy (non-hydrogen) atoms. The van der Waals surface area contributed by atoms with Gasteiger partial charge in [-0.3, -0.25) is 0 Å². The Morgan fingerprint density at radius 3 is 2.66 bits per heavy atom. The van der Waals surface area contributed by atoms with E-state index in [4.69, 9.17) is 9.47 Å². The molecule has 1 saturated heterocycles. The second-order valence-corrected chi connectivity index (χ2v) is 7.05. The molecule has 0 bridgehead atoms. The minimum atomic E-state index is -0.0516. The van der Waals surface area contributed by atoms with E-state index in [-0.39, 0.29) is 12.1 Å². The second kappa shape index (κ2) is 8.77. The molecule has 0 saturated carbocycles. The first-order valence-electron chi connectivity index (χ1n) is 9.76. The largest absolute Gasteiger partial charge is 0.497 e. The zero-order chi connectivity index (χ0) is 20.1. The van der Waals surface area contributed by atoms with Gasteiger partial charge in [-0.2, -0.15) is 5.10 Å². The van der Waals surface area contributed by atoms with E-state index in [1.165, 1.54) is 0 Å². The molecule has 1 aliphatic rings. The second-order valence-electron chi connectivity index (χ2n) is 7.05. The number of carbonyl (C=O) groups is 1. The fraction of sp³-hybridized carbons (Fsp3) is 0.318. The predicted octanol–water partition coefficient (Wildman–Crippen LogP) is 3.39. The number of nitrogens with zero attached hydrogens (tertiary/aromatic N) is 3. The number of ether oxygens (including phenoxy) is 2. The third-order valence-corrected chi connectivity index (χ3v) is 5.15. The summed E-state index contributed by atoms with van der Waals surface area (Å²) in [5, 5.41) is 13.1. The molecular weight excluding hydrogens is 368 g/mol. The van der Waals surface area contributed by atoms with Crippen molar-refractivity contribution < 1.29 is 14.3 Å². The van der Waals surface area contributed by atoms with E-state index in [0.717, 1.165) is 34.9 Å². The lowest BCUT2D eigenvalue weighted by molar-refractivity contribution is 0.108. The van der Waals surface area contributed by atoms with E-state index >= 15 is 0 Å². The fourth-order valence-corrected chi connectivity index (χ4v) is 3.46. The summed E-state index contributed by atoms with van der Waals surface area (Å²) in [6.45, 7) is 1.79. The van der Waals surface area contributed by atoms with E-state index in [1.54, 1.807) is 13.3 Å². The van der Waals surface area contributed by atoms with Gasteiger partial charge < -0.3 is 19.7 Å². The summed E-state index contributed by atoms with van der Waals surface area (Å²) >= 11 is 0. The van der Waals surface area contributed by atoms with Crippen LogP contribution in [0, 0.1) is 0 Å². The first-order chi connectivity index (χ1) is 14.2. The van der Waals surface area contributed by atoms with Crippen LogP contribution in [0.4, 0.5) is 4.79 Å². The van der Waals surface area contributed by atoms with Crippen molar-refractivity contribution in [3.05, 3.63) is 60.3 Å². The van der Waals surface area contributed by atoms with Crippen molar-refractivity contribution in [1.29, 1.82) is 0 Å². The lowest BCUT2D eigenvalue weighted by atomic mass is 10.1. The molecular formula is C22H24N4O3. The van der Waals surface area contributed by atoms with Crippen molar-refractivity contribution in [2.75, 3.05) is 20.2 Å². The highest BCUT2D eigenvalue weighted by molar-refractivity contribution is 5.85. The van der Waals surface area contributed by atoms with Gasteiger partial charge in [-0.25, -0.2) is 4.79 Å². The fourth-order valence-electron chi connectivity index (χ4n) is 3.46. The summed E-state index contributed by atoms with van der Waals surface area (Å²) in [5.41, 5.74) is 1.03. The van der Waals surface area contributed by atoms with Crippen LogP contribution < -0.4 is 14.8 Å². The summed E-state index contributed by atoms with van der Waals surface area (Å²) in [7, 11) is 1.64. The molecule has 1 aromatic heterocycles. The maximum Gasteiger partial charge on any atom is 0.317 e. The van der Waals surface area contributed by atoms with E-state index < -0.39 is 0 Å². The number of amides is 2. The zero-order valence-electron chi connectivity index (χ0n) is 16.4. The number of benzene rings is 2. The van der Waals surface area contributed by atoms with Crippen LogP contribution in [0.3, 0.4) is 0 Å². The van der Waals surface area contributed by atoms with Gasteiger partial charge in [0.2, 0.25) is 5.88 Å². The summed E-state index contributed by atoms with van der Waals surface area (Å²) in [5.74, 6) is 1.36. The van der Waals surface area contributed by atoms with Crippen molar-refractivity contribution >= 4 is 16.8 Å². The quantitative estimate of drug-likeness (QED) is 0.720. The molecule has 3 aromatic rings. The Labute approximate surface area is 169 Å². The molecule has 2 aromatic carbocycles. The van der Waals surface area contributed by atoms with Gasteiger partial charge in [0.25, 0.3) is 0 Å². The molecule has 150 valence electrons. The standard InChI is InChI=1S/C22H24N4O3/c1-28-18-8-6-16(7-9-18)14-23-22(27)26-12-10-19(11-13-26)29-21-20-5-3-2-4-17(20)15-24-25-21/h2-9,15,19H,10-14H2,1H3,(H,23,27). The van der Waals surface area contributed by atoms with E-state index in [0.29, 0.717) is 25.5 Å². The normalized spacial score (nSPS) is 14.6. The van der Waals surface area contributed by atoms with Crippen molar-refractivity contribution in [2.45, 2.75) is 25.5 Å². The van der Waals surface area contributed by atoms with Gasteiger partial charge in [-0.05, 0) is 23.8 Å².